The zero-order valence-corrected chi connectivity index (χ0v) is 21.7. The Morgan fingerprint density at radius 1 is 1.30 bits per heavy atom. The highest BCUT2D eigenvalue weighted by Gasteiger charge is 2.27. The van der Waals surface area contributed by atoms with Gasteiger partial charge in [-0.25, -0.2) is 8.78 Å². The Bertz CT molecular complexity index is 1390. The minimum atomic E-state index is -0.807. The molecular weight excluding hydrogens is 522 g/mol. The second kappa shape index (κ2) is 11.5. The zero-order valence-electron chi connectivity index (χ0n) is 20.1. The molecular formula is C26H25ClF2N4O3S. The topological polar surface area (TPSA) is 99.7 Å². The van der Waals surface area contributed by atoms with Crippen LogP contribution in [0.15, 0.2) is 18.2 Å². The molecule has 1 atom stereocenters. The standard InChI is InChI=1S/C26H25ClF2N4O3S/c1-32-7-8-33(6-2-9-34)13-16(32)5-10-36-24-15(14-35)11-20(29)22(23(24)27)17-3-4-19(28)25-21(17)18(12-30)26(31)37-25/h3-4,9,11,14,16H,2,5-8,10,13,31H2,1H3/t16-/m0/s1. The fourth-order valence-electron chi connectivity index (χ4n) is 4.67. The van der Waals surface area contributed by atoms with Gasteiger partial charge in [0.25, 0.3) is 0 Å². The molecule has 1 aromatic heterocycles. The van der Waals surface area contributed by atoms with Crippen LogP contribution < -0.4 is 10.5 Å². The number of ether oxygens (including phenoxy) is 1. The minimum absolute atomic E-state index is 0.0172. The van der Waals surface area contributed by atoms with Crippen LogP contribution in [0.3, 0.4) is 0 Å². The molecule has 1 aliphatic heterocycles. The van der Waals surface area contributed by atoms with Crippen molar-refractivity contribution < 1.29 is 23.1 Å². The largest absolute Gasteiger partial charge is 0.491 e. The number of aldehydes is 2. The molecule has 2 N–H and O–H groups in total. The first-order chi connectivity index (χ1) is 17.8. The quantitative estimate of drug-likeness (QED) is 0.387. The number of anilines is 1. The minimum Gasteiger partial charge on any atom is -0.491 e. The highest BCUT2D eigenvalue weighted by molar-refractivity contribution is 7.23. The summed E-state index contributed by atoms with van der Waals surface area (Å²) in [5.41, 5.74) is 5.98. The maximum atomic E-state index is 15.3. The highest BCUT2D eigenvalue weighted by Crippen LogP contribution is 2.46. The van der Waals surface area contributed by atoms with Gasteiger partial charge in [-0.2, -0.15) is 5.26 Å². The molecule has 1 fully saturated rings. The van der Waals surface area contributed by atoms with Gasteiger partial charge < -0.3 is 25.1 Å². The summed E-state index contributed by atoms with van der Waals surface area (Å²) in [6.45, 7) is 3.38. The second-order valence-electron chi connectivity index (χ2n) is 8.86. The van der Waals surface area contributed by atoms with Gasteiger partial charge in [-0.3, -0.25) is 4.79 Å². The third kappa shape index (κ3) is 5.31. The Balaban J connectivity index is 1.66. The van der Waals surface area contributed by atoms with Crippen LogP contribution in [-0.2, 0) is 4.79 Å². The van der Waals surface area contributed by atoms with Gasteiger partial charge in [-0.1, -0.05) is 17.7 Å². The molecule has 1 aliphatic rings. The molecule has 0 radical (unpaired) electrons. The highest BCUT2D eigenvalue weighted by atomic mass is 35.5. The van der Waals surface area contributed by atoms with Crippen LogP contribution in [-0.4, -0.2) is 68.2 Å². The number of fused-ring (bicyclic) bond motifs is 1. The van der Waals surface area contributed by atoms with Gasteiger partial charge in [0.1, 0.15) is 34.7 Å². The van der Waals surface area contributed by atoms with Gasteiger partial charge in [0.15, 0.2) is 6.29 Å². The number of carbonyl (C=O) groups excluding carboxylic acids is 2. The number of carbonyl (C=O) groups is 2. The van der Waals surface area contributed by atoms with Crippen molar-refractivity contribution in [2.24, 2.45) is 0 Å². The normalized spacial score (nSPS) is 16.6. The Morgan fingerprint density at radius 3 is 2.78 bits per heavy atom. The molecule has 37 heavy (non-hydrogen) atoms. The van der Waals surface area contributed by atoms with E-state index in [-0.39, 0.29) is 60.8 Å². The van der Waals surface area contributed by atoms with Gasteiger partial charge >= 0.3 is 0 Å². The molecule has 3 aromatic rings. The van der Waals surface area contributed by atoms with Crippen LogP contribution in [0.5, 0.6) is 5.75 Å². The van der Waals surface area contributed by atoms with Crippen molar-refractivity contribution in [3.63, 3.8) is 0 Å². The van der Waals surface area contributed by atoms with Crippen LogP contribution in [0.1, 0.15) is 28.8 Å². The smallest absolute Gasteiger partial charge is 0.153 e. The van der Waals surface area contributed by atoms with Crippen molar-refractivity contribution in [3.05, 3.63) is 46.0 Å². The van der Waals surface area contributed by atoms with Crippen LogP contribution >= 0.6 is 22.9 Å². The summed E-state index contributed by atoms with van der Waals surface area (Å²) < 4.78 is 35.9. The number of benzene rings is 2. The van der Waals surface area contributed by atoms with E-state index in [1.54, 1.807) is 0 Å². The van der Waals surface area contributed by atoms with E-state index < -0.39 is 11.6 Å². The second-order valence-corrected chi connectivity index (χ2v) is 10.3. The first-order valence-corrected chi connectivity index (χ1v) is 12.9. The summed E-state index contributed by atoms with van der Waals surface area (Å²) in [6.07, 6.45) is 2.45. The number of piperazine rings is 1. The van der Waals surface area contributed by atoms with E-state index >= 15 is 4.39 Å². The van der Waals surface area contributed by atoms with E-state index in [4.69, 9.17) is 22.1 Å². The predicted molar refractivity (Wildman–Crippen MR) is 140 cm³/mol. The Morgan fingerprint density at radius 2 is 2.08 bits per heavy atom. The lowest BCUT2D eigenvalue weighted by atomic mass is 9.97. The Kier molecular flexibility index (Phi) is 8.39. The molecule has 0 spiro atoms. The van der Waals surface area contributed by atoms with Crippen molar-refractivity contribution in [2.75, 3.05) is 45.6 Å². The van der Waals surface area contributed by atoms with Gasteiger partial charge in [-0.05, 0) is 31.2 Å². The summed E-state index contributed by atoms with van der Waals surface area (Å²) in [7, 11) is 2.01. The van der Waals surface area contributed by atoms with Gasteiger partial charge in [-0.15, -0.1) is 11.3 Å². The first kappa shape index (κ1) is 26.9. The predicted octanol–water partition coefficient (Wildman–Crippen LogP) is 4.74. The maximum absolute atomic E-state index is 15.3. The molecule has 0 unspecified atom stereocenters. The summed E-state index contributed by atoms with van der Waals surface area (Å²) in [5.74, 6) is -1.38. The van der Waals surface area contributed by atoms with Crippen molar-refractivity contribution >= 4 is 50.6 Å². The lowest BCUT2D eigenvalue weighted by molar-refractivity contribution is -0.108. The monoisotopic (exact) mass is 546 g/mol. The Labute approximate surface area is 222 Å². The average molecular weight is 547 g/mol. The van der Waals surface area contributed by atoms with E-state index in [2.05, 4.69) is 9.80 Å². The van der Waals surface area contributed by atoms with Crippen LogP contribution in [0.4, 0.5) is 13.8 Å². The van der Waals surface area contributed by atoms with E-state index in [9.17, 15) is 19.2 Å². The third-order valence-electron chi connectivity index (χ3n) is 6.65. The zero-order chi connectivity index (χ0) is 26.7. The van der Waals surface area contributed by atoms with Crippen LogP contribution in [0, 0.1) is 23.0 Å². The number of rotatable bonds is 9. The van der Waals surface area contributed by atoms with E-state index in [0.717, 1.165) is 49.4 Å². The lowest BCUT2D eigenvalue weighted by Gasteiger charge is -2.39. The molecule has 1 saturated heterocycles. The van der Waals surface area contributed by atoms with Crippen molar-refractivity contribution in [2.45, 2.75) is 18.9 Å². The fraction of sp³-hybridized carbons (Fsp3) is 0.346. The number of nitrogens with two attached hydrogens (primary N) is 1. The molecule has 2 aromatic carbocycles. The number of nitriles is 1. The lowest BCUT2D eigenvalue weighted by Crippen LogP contribution is -2.52. The molecule has 194 valence electrons. The number of likely N-dealkylation sites (N-methyl/N-ethyl adjacent to an activating group) is 1. The molecule has 0 saturated carbocycles. The molecule has 2 heterocycles. The van der Waals surface area contributed by atoms with Crippen molar-refractivity contribution in [1.29, 1.82) is 5.26 Å². The van der Waals surface area contributed by atoms with Crippen molar-refractivity contribution in [1.82, 2.24) is 9.80 Å². The molecule has 0 aliphatic carbocycles. The molecule has 11 heteroatoms. The SMILES string of the molecule is CN1CCN(CCC=O)C[C@@H]1CCOc1c(C=O)cc(F)c(-c2ccc(F)c3sc(N)c(C#N)c23)c1Cl. The molecule has 7 nitrogen and oxygen atoms in total. The number of hydrogen-bond acceptors (Lipinski definition) is 8. The number of nitrogen functional groups attached to an aromatic ring is 1. The summed E-state index contributed by atoms with van der Waals surface area (Å²) >= 11 is 7.52. The maximum Gasteiger partial charge on any atom is 0.153 e. The summed E-state index contributed by atoms with van der Waals surface area (Å²) in [5, 5.41) is 9.73. The Hall–Kier alpha value is -3.10. The third-order valence-corrected chi connectivity index (χ3v) is 8.04. The fourth-order valence-corrected chi connectivity index (χ4v) is 5.97. The number of hydrogen-bond donors (Lipinski definition) is 1. The van der Waals surface area contributed by atoms with Crippen LogP contribution in [0.2, 0.25) is 5.02 Å². The summed E-state index contributed by atoms with van der Waals surface area (Å²) in [6, 6.07) is 5.64. The van der Waals surface area contributed by atoms with Gasteiger partial charge in [0.05, 0.1) is 27.5 Å². The molecule has 0 bridgehead atoms. The number of nitrogens with zero attached hydrogens (tertiary/aromatic N) is 3. The van der Waals surface area contributed by atoms with E-state index in [0.29, 0.717) is 25.7 Å². The van der Waals surface area contributed by atoms with Gasteiger partial charge in [0, 0.05) is 49.6 Å². The van der Waals surface area contributed by atoms with Gasteiger partial charge in [0.2, 0.25) is 0 Å². The number of halogens is 3. The molecule has 0 amide bonds. The van der Waals surface area contributed by atoms with E-state index in [1.165, 1.54) is 6.07 Å². The molecule has 4 rings (SSSR count). The first-order valence-electron chi connectivity index (χ1n) is 11.7. The van der Waals surface area contributed by atoms with Crippen LogP contribution in [0.25, 0.3) is 21.2 Å². The van der Waals surface area contributed by atoms with E-state index in [1.807, 2.05) is 13.1 Å². The summed E-state index contributed by atoms with van der Waals surface area (Å²) in [4.78, 5) is 26.9. The number of thiophene rings is 1. The average Bonchev–Trinajstić information content (AvgIpc) is 3.23. The van der Waals surface area contributed by atoms with Crippen molar-refractivity contribution in [3.8, 4) is 22.9 Å².